The summed E-state index contributed by atoms with van der Waals surface area (Å²) in [5.74, 6) is 3.19. The van der Waals surface area contributed by atoms with Crippen LogP contribution in [0.15, 0.2) is 28.7 Å². The summed E-state index contributed by atoms with van der Waals surface area (Å²) in [4.78, 5) is 0. The van der Waals surface area contributed by atoms with Gasteiger partial charge in [-0.1, -0.05) is 21.9 Å². The van der Waals surface area contributed by atoms with Crippen LogP contribution in [-0.4, -0.2) is 6.61 Å². The summed E-state index contributed by atoms with van der Waals surface area (Å²) >= 11 is 3.32. The van der Waals surface area contributed by atoms with Gasteiger partial charge in [-0.25, -0.2) is 0 Å². The second-order valence-corrected chi connectivity index (χ2v) is 2.86. The molecular weight excluding hydrogens is 204 g/mol. The Morgan fingerprint density at radius 1 is 1.36 bits per heavy atom. The van der Waals surface area contributed by atoms with Crippen LogP contribution in [0.5, 0.6) is 5.75 Å². The van der Waals surface area contributed by atoms with E-state index in [1.807, 2.05) is 24.3 Å². The van der Waals surface area contributed by atoms with E-state index in [-0.39, 0.29) is 0 Å². The Morgan fingerprint density at radius 2 is 2.00 bits per heavy atom. The zero-order valence-corrected chi connectivity index (χ0v) is 7.47. The predicted molar refractivity (Wildman–Crippen MR) is 48.5 cm³/mol. The van der Waals surface area contributed by atoms with Gasteiger partial charge in [-0.3, -0.25) is 0 Å². The smallest absolute Gasteiger partial charge is 0.148 e. The van der Waals surface area contributed by atoms with Gasteiger partial charge in [0, 0.05) is 4.47 Å². The van der Waals surface area contributed by atoms with Crippen molar-refractivity contribution in [1.82, 2.24) is 0 Å². The predicted octanol–water partition coefficient (Wildman–Crippen LogP) is 2.46. The van der Waals surface area contributed by atoms with Crippen LogP contribution in [0.3, 0.4) is 0 Å². The van der Waals surface area contributed by atoms with Gasteiger partial charge in [-0.05, 0) is 24.3 Å². The van der Waals surface area contributed by atoms with E-state index in [4.69, 9.17) is 11.2 Å². The van der Waals surface area contributed by atoms with E-state index in [9.17, 15) is 0 Å². The first-order valence-corrected chi connectivity index (χ1v) is 3.94. The summed E-state index contributed by atoms with van der Waals surface area (Å²) in [5.41, 5.74) is 0. The monoisotopic (exact) mass is 210 g/mol. The van der Waals surface area contributed by atoms with E-state index in [0.717, 1.165) is 10.2 Å². The quantitative estimate of drug-likeness (QED) is 0.682. The number of hydrogen-bond acceptors (Lipinski definition) is 1. The van der Waals surface area contributed by atoms with Crippen LogP contribution in [0.25, 0.3) is 0 Å². The Hall–Kier alpha value is -0.940. The highest BCUT2D eigenvalue weighted by Gasteiger charge is 1.89. The zero-order valence-electron chi connectivity index (χ0n) is 5.88. The molecular formula is C9H7BrO. The lowest BCUT2D eigenvalue weighted by Gasteiger charge is -2.00. The van der Waals surface area contributed by atoms with Gasteiger partial charge in [0.05, 0.1) is 0 Å². The third kappa shape index (κ3) is 2.65. The van der Waals surface area contributed by atoms with Crippen molar-refractivity contribution >= 4 is 15.9 Å². The molecule has 0 aliphatic carbocycles. The average molecular weight is 211 g/mol. The lowest BCUT2D eigenvalue weighted by molar-refractivity contribution is 0.370. The molecule has 0 radical (unpaired) electrons. The molecule has 1 aromatic carbocycles. The Bertz CT molecular complexity index is 258. The molecule has 0 bridgehead atoms. The van der Waals surface area contributed by atoms with Gasteiger partial charge < -0.3 is 4.74 Å². The van der Waals surface area contributed by atoms with Gasteiger partial charge in [0.15, 0.2) is 0 Å². The maximum atomic E-state index is 5.15. The largest absolute Gasteiger partial charge is 0.481 e. The van der Waals surface area contributed by atoms with Crippen molar-refractivity contribution in [3.05, 3.63) is 28.7 Å². The minimum atomic E-state index is 0.321. The molecule has 0 fully saturated rings. The molecule has 1 rings (SSSR count). The summed E-state index contributed by atoms with van der Waals surface area (Å²) < 4.78 is 6.19. The maximum Gasteiger partial charge on any atom is 0.148 e. The van der Waals surface area contributed by atoms with Crippen molar-refractivity contribution in [2.75, 3.05) is 6.61 Å². The summed E-state index contributed by atoms with van der Waals surface area (Å²) in [6.45, 7) is 0.321. The van der Waals surface area contributed by atoms with Crippen molar-refractivity contribution in [1.29, 1.82) is 0 Å². The SMILES string of the molecule is C#CCOc1ccc(Br)cc1. The van der Waals surface area contributed by atoms with Crippen LogP contribution in [0, 0.1) is 12.3 Å². The first-order valence-electron chi connectivity index (χ1n) is 3.15. The fourth-order valence-electron chi connectivity index (χ4n) is 0.656. The molecule has 0 aliphatic rings. The minimum Gasteiger partial charge on any atom is -0.481 e. The van der Waals surface area contributed by atoms with E-state index < -0.39 is 0 Å². The number of hydrogen-bond donors (Lipinski definition) is 0. The van der Waals surface area contributed by atoms with E-state index in [1.165, 1.54) is 0 Å². The van der Waals surface area contributed by atoms with E-state index in [0.29, 0.717) is 6.61 Å². The molecule has 1 aromatic rings. The molecule has 0 saturated heterocycles. The fourth-order valence-corrected chi connectivity index (χ4v) is 0.920. The van der Waals surface area contributed by atoms with Crippen molar-refractivity contribution in [2.24, 2.45) is 0 Å². The van der Waals surface area contributed by atoms with Crippen molar-refractivity contribution in [2.45, 2.75) is 0 Å². The number of benzene rings is 1. The number of ether oxygens (including phenoxy) is 1. The highest BCUT2D eigenvalue weighted by Crippen LogP contribution is 2.15. The molecule has 56 valence electrons. The van der Waals surface area contributed by atoms with Crippen LogP contribution in [0.1, 0.15) is 0 Å². The molecule has 0 N–H and O–H groups in total. The Balaban J connectivity index is 2.60. The normalized spacial score (nSPS) is 8.73. The van der Waals surface area contributed by atoms with Gasteiger partial charge in [-0.15, -0.1) is 6.42 Å². The zero-order chi connectivity index (χ0) is 8.10. The Morgan fingerprint density at radius 3 is 2.55 bits per heavy atom. The average Bonchev–Trinajstić information content (AvgIpc) is 2.04. The summed E-state index contributed by atoms with van der Waals surface area (Å²) in [6.07, 6.45) is 5.02. The molecule has 0 heterocycles. The molecule has 1 nitrogen and oxygen atoms in total. The van der Waals surface area contributed by atoms with Crippen LogP contribution < -0.4 is 4.74 Å². The van der Waals surface area contributed by atoms with Crippen LogP contribution in [0.2, 0.25) is 0 Å². The fraction of sp³-hybridized carbons (Fsp3) is 0.111. The lowest BCUT2D eigenvalue weighted by Crippen LogP contribution is -1.92. The molecule has 0 aromatic heterocycles. The van der Waals surface area contributed by atoms with Gasteiger partial charge in [0.1, 0.15) is 12.4 Å². The second kappa shape index (κ2) is 4.05. The van der Waals surface area contributed by atoms with E-state index in [1.54, 1.807) is 0 Å². The van der Waals surface area contributed by atoms with Crippen molar-refractivity contribution < 1.29 is 4.74 Å². The van der Waals surface area contributed by atoms with Gasteiger partial charge in [-0.2, -0.15) is 0 Å². The van der Waals surface area contributed by atoms with E-state index in [2.05, 4.69) is 21.9 Å². The molecule has 0 spiro atoms. The number of terminal acetylenes is 1. The third-order valence-corrected chi connectivity index (χ3v) is 1.66. The molecule has 0 atom stereocenters. The number of rotatable bonds is 2. The first kappa shape index (κ1) is 8.16. The molecule has 11 heavy (non-hydrogen) atoms. The third-order valence-electron chi connectivity index (χ3n) is 1.14. The van der Waals surface area contributed by atoms with Crippen LogP contribution in [0.4, 0.5) is 0 Å². The standard InChI is InChI=1S/C9H7BrO/c1-2-7-11-9-5-3-8(10)4-6-9/h1,3-6H,7H2. The Kier molecular flexibility index (Phi) is 3.00. The number of halogens is 1. The summed E-state index contributed by atoms with van der Waals surface area (Å²) in [6, 6.07) is 7.54. The molecule has 0 aliphatic heterocycles. The maximum absolute atomic E-state index is 5.15. The van der Waals surface area contributed by atoms with Crippen molar-refractivity contribution in [3.8, 4) is 18.1 Å². The van der Waals surface area contributed by atoms with Crippen LogP contribution >= 0.6 is 15.9 Å². The highest BCUT2D eigenvalue weighted by molar-refractivity contribution is 9.10. The second-order valence-electron chi connectivity index (χ2n) is 1.95. The lowest BCUT2D eigenvalue weighted by atomic mass is 10.3. The van der Waals surface area contributed by atoms with Gasteiger partial charge in [0.25, 0.3) is 0 Å². The Labute approximate surface area is 74.5 Å². The van der Waals surface area contributed by atoms with Crippen LogP contribution in [-0.2, 0) is 0 Å². The molecule has 0 saturated carbocycles. The molecule has 0 unspecified atom stereocenters. The molecule has 0 amide bonds. The highest BCUT2D eigenvalue weighted by atomic mass is 79.9. The first-order chi connectivity index (χ1) is 5.33. The van der Waals surface area contributed by atoms with Crippen molar-refractivity contribution in [3.63, 3.8) is 0 Å². The topological polar surface area (TPSA) is 9.23 Å². The van der Waals surface area contributed by atoms with E-state index >= 15 is 0 Å². The van der Waals surface area contributed by atoms with Gasteiger partial charge in [0.2, 0.25) is 0 Å². The van der Waals surface area contributed by atoms with Gasteiger partial charge >= 0.3 is 0 Å². The summed E-state index contributed by atoms with van der Waals surface area (Å²) in [5, 5.41) is 0. The molecule has 2 heteroatoms. The minimum absolute atomic E-state index is 0.321. The summed E-state index contributed by atoms with van der Waals surface area (Å²) in [7, 11) is 0.